The van der Waals surface area contributed by atoms with E-state index in [1.807, 2.05) is 32.0 Å². The van der Waals surface area contributed by atoms with Crippen molar-refractivity contribution in [2.45, 2.75) is 45.6 Å². The van der Waals surface area contributed by atoms with E-state index >= 15 is 0 Å². The van der Waals surface area contributed by atoms with Crippen LogP contribution in [0.2, 0.25) is 0 Å². The first-order valence-corrected chi connectivity index (χ1v) is 7.09. The highest BCUT2D eigenvalue weighted by molar-refractivity contribution is 5.96. The summed E-state index contributed by atoms with van der Waals surface area (Å²) < 4.78 is 0. The zero-order chi connectivity index (χ0) is 14.7. The normalized spacial score (nSPS) is 22.3. The largest absolute Gasteiger partial charge is 0.481 e. The number of carboxylic acids is 1. The predicted molar refractivity (Wildman–Crippen MR) is 76.8 cm³/mol. The summed E-state index contributed by atoms with van der Waals surface area (Å²) in [4.78, 5) is 23.3. The van der Waals surface area contributed by atoms with E-state index in [1.165, 1.54) is 0 Å². The van der Waals surface area contributed by atoms with E-state index in [1.54, 1.807) is 0 Å². The number of carbonyl (C=O) groups excluding carboxylic acids is 1. The molecule has 2 rings (SSSR count). The fourth-order valence-corrected chi connectivity index (χ4v) is 2.81. The van der Waals surface area contributed by atoms with Crippen LogP contribution < -0.4 is 5.32 Å². The molecular formula is C16H21NO3. The lowest BCUT2D eigenvalue weighted by Crippen LogP contribution is -2.40. The molecule has 1 aliphatic rings. The highest BCUT2D eigenvalue weighted by Crippen LogP contribution is 2.25. The quantitative estimate of drug-likeness (QED) is 0.891. The van der Waals surface area contributed by atoms with Gasteiger partial charge in [-0.05, 0) is 50.3 Å². The molecule has 2 unspecified atom stereocenters. The first-order chi connectivity index (χ1) is 9.49. The fraction of sp³-hybridized carbons (Fsp3) is 0.500. The van der Waals surface area contributed by atoms with Gasteiger partial charge in [0, 0.05) is 11.6 Å². The van der Waals surface area contributed by atoms with Gasteiger partial charge < -0.3 is 10.4 Å². The van der Waals surface area contributed by atoms with Gasteiger partial charge in [-0.1, -0.05) is 18.6 Å². The van der Waals surface area contributed by atoms with E-state index in [4.69, 9.17) is 5.11 Å². The summed E-state index contributed by atoms with van der Waals surface area (Å²) in [5, 5.41) is 12.1. The van der Waals surface area contributed by atoms with Gasteiger partial charge in [0.1, 0.15) is 0 Å². The van der Waals surface area contributed by atoms with Crippen molar-refractivity contribution in [1.82, 2.24) is 5.32 Å². The van der Waals surface area contributed by atoms with E-state index in [-0.39, 0.29) is 17.9 Å². The third kappa shape index (κ3) is 3.18. The molecule has 108 valence electrons. The Labute approximate surface area is 119 Å². The average molecular weight is 275 g/mol. The van der Waals surface area contributed by atoms with Crippen molar-refractivity contribution >= 4 is 11.9 Å². The van der Waals surface area contributed by atoms with Gasteiger partial charge in [-0.2, -0.15) is 0 Å². The first-order valence-electron chi connectivity index (χ1n) is 7.09. The fourth-order valence-electron chi connectivity index (χ4n) is 2.81. The van der Waals surface area contributed by atoms with Crippen molar-refractivity contribution in [3.05, 3.63) is 34.9 Å². The summed E-state index contributed by atoms with van der Waals surface area (Å²) in [7, 11) is 0. The van der Waals surface area contributed by atoms with Gasteiger partial charge >= 0.3 is 5.97 Å². The average Bonchev–Trinajstić information content (AvgIpc) is 2.42. The molecule has 1 aromatic carbocycles. The second kappa shape index (κ2) is 6.07. The topological polar surface area (TPSA) is 66.4 Å². The predicted octanol–water partition coefficient (Wildman–Crippen LogP) is 2.68. The number of nitrogens with one attached hydrogen (secondary N) is 1. The first kappa shape index (κ1) is 14.6. The van der Waals surface area contributed by atoms with Crippen LogP contribution >= 0.6 is 0 Å². The molecule has 0 bridgehead atoms. The highest BCUT2D eigenvalue weighted by atomic mass is 16.4. The minimum absolute atomic E-state index is 0.0303. The maximum absolute atomic E-state index is 12.3. The highest BCUT2D eigenvalue weighted by Gasteiger charge is 2.28. The maximum Gasteiger partial charge on any atom is 0.306 e. The van der Waals surface area contributed by atoms with Crippen LogP contribution in [0, 0.1) is 19.8 Å². The molecule has 4 nitrogen and oxygen atoms in total. The molecule has 0 aliphatic heterocycles. The number of rotatable bonds is 3. The van der Waals surface area contributed by atoms with Crippen molar-refractivity contribution in [2.24, 2.45) is 5.92 Å². The van der Waals surface area contributed by atoms with Crippen molar-refractivity contribution in [3.8, 4) is 0 Å². The lowest BCUT2D eigenvalue weighted by atomic mass is 9.85. The number of hydrogen-bond acceptors (Lipinski definition) is 2. The standard InChI is InChI=1S/C16H21NO3/c1-10-5-3-8-14(11(10)2)15(18)17-13-7-4-6-12(9-13)16(19)20/h3,5,8,12-13H,4,6-7,9H2,1-2H3,(H,17,18)(H,19,20). The smallest absolute Gasteiger partial charge is 0.306 e. The number of carbonyl (C=O) groups is 2. The Balaban J connectivity index is 2.04. The summed E-state index contributed by atoms with van der Waals surface area (Å²) in [5.74, 6) is -1.18. The van der Waals surface area contributed by atoms with Gasteiger partial charge in [-0.15, -0.1) is 0 Å². The van der Waals surface area contributed by atoms with Gasteiger partial charge in [-0.3, -0.25) is 9.59 Å². The molecule has 1 aromatic rings. The SMILES string of the molecule is Cc1cccc(C(=O)NC2CCCC(C(=O)O)C2)c1C. The van der Waals surface area contributed by atoms with Crippen LogP contribution in [0.1, 0.15) is 47.2 Å². The zero-order valence-corrected chi connectivity index (χ0v) is 12.0. The van der Waals surface area contributed by atoms with E-state index in [0.29, 0.717) is 18.4 Å². The minimum atomic E-state index is -0.754. The van der Waals surface area contributed by atoms with Gasteiger partial charge in [-0.25, -0.2) is 0 Å². The molecule has 1 fully saturated rings. The molecule has 1 amide bonds. The van der Waals surface area contributed by atoms with E-state index in [0.717, 1.165) is 24.0 Å². The number of aryl methyl sites for hydroxylation is 1. The van der Waals surface area contributed by atoms with Crippen LogP contribution in [0.5, 0.6) is 0 Å². The Bertz CT molecular complexity index is 524. The summed E-state index contributed by atoms with van der Waals surface area (Å²) in [6, 6.07) is 5.64. The Hall–Kier alpha value is -1.84. The molecule has 2 atom stereocenters. The van der Waals surface area contributed by atoms with Crippen LogP contribution in [-0.4, -0.2) is 23.0 Å². The summed E-state index contributed by atoms with van der Waals surface area (Å²) >= 11 is 0. The molecule has 20 heavy (non-hydrogen) atoms. The summed E-state index contributed by atoms with van der Waals surface area (Å²) in [6.45, 7) is 3.92. The van der Waals surface area contributed by atoms with E-state index < -0.39 is 5.97 Å². The third-order valence-corrected chi connectivity index (χ3v) is 4.21. The van der Waals surface area contributed by atoms with Gasteiger partial charge in [0.2, 0.25) is 0 Å². The monoisotopic (exact) mass is 275 g/mol. The molecule has 2 N–H and O–H groups in total. The molecule has 0 radical (unpaired) electrons. The van der Waals surface area contributed by atoms with Gasteiger partial charge in [0.15, 0.2) is 0 Å². The van der Waals surface area contributed by atoms with Crippen LogP contribution in [0.25, 0.3) is 0 Å². The van der Waals surface area contributed by atoms with E-state index in [2.05, 4.69) is 5.32 Å². The second-order valence-corrected chi connectivity index (χ2v) is 5.62. The lowest BCUT2D eigenvalue weighted by molar-refractivity contribution is -0.143. The number of amides is 1. The molecule has 4 heteroatoms. The molecule has 0 heterocycles. The van der Waals surface area contributed by atoms with Crippen LogP contribution in [0.15, 0.2) is 18.2 Å². The van der Waals surface area contributed by atoms with Crippen molar-refractivity contribution in [2.75, 3.05) is 0 Å². The zero-order valence-electron chi connectivity index (χ0n) is 12.0. The van der Waals surface area contributed by atoms with Gasteiger partial charge in [0.05, 0.1) is 5.92 Å². The molecule has 0 aromatic heterocycles. The maximum atomic E-state index is 12.3. The minimum Gasteiger partial charge on any atom is -0.481 e. The molecule has 1 aliphatic carbocycles. The molecule has 0 spiro atoms. The van der Waals surface area contributed by atoms with Gasteiger partial charge in [0.25, 0.3) is 5.91 Å². The molecule has 1 saturated carbocycles. The lowest BCUT2D eigenvalue weighted by Gasteiger charge is -2.27. The van der Waals surface area contributed by atoms with E-state index in [9.17, 15) is 9.59 Å². The Kier molecular flexibility index (Phi) is 4.42. The summed E-state index contributed by atoms with van der Waals surface area (Å²) in [6.07, 6.45) is 2.96. The Morgan fingerprint density at radius 1 is 1.25 bits per heavy atom. The number of aliphatic carboxylic acids is 1. The Morgan fingerprint density at radius 3 is 2.70 bits per heavy atom. The van der Waals surface area contributed by atoms with Crippen molar-refractivity contribution in [3.63, 3.8) is 0 Å². The van der Waals surface area contributed by atoms with Crippen molar-refractivity contribution in [1.29, 1.82) is 0 Å². The second-order valence-electron chi connectivity index (χ2n) is 5.62. The molecule has 0 saturated heterocycles. The molecular weight excluding hydrogens is 254 g/mol. The number of carboxylic acid groups (broad SMARTS) is 1. The van der Waals surface area contributed by atoms with Crippen LogP contribution in [-0.2, 0) is 4.79 Å². The van der Waals surface area contributed by atoms with Crippen LogP contribution in [0.4, 0.5) is 0 Å². The van der Waals surface area contributed by atoms with Crippen LogP contribution in [0.3, 0.4) is 0 Å². The number of benzene rings is 1. The van der Waals surface area contributed by atoms with Crippen molar-refractivity contribution < 1.29 is 14.7 Å². The summed E-state index contributed by atoms with van der Waals surface area (Å²) in [5.41, 5.74) is 2.75. The number of hydrogen-bond donors (Lipinski definition) is 2. The Morgan fingerprint density at radius 2 is 2.00 bits per heavy atom. The third-order valence-electron chi connectivity index (χ3n) is 4.21.